The van der Waals surface area contributed by atoms with Crippen LogP contribution < -0.4 is 18.9 Å². The molecule has 5 rings (SSSR count). The lowest BCUT2D eigenvalue weighted by Gasteiger charge is -2.35. The number of hydrogen-bond donors (Lipinski definition) is 7. The van der Waals surface area contributed by atoms with E-state index in [0.29, 0.717) is 28.4 Å². The number of fused-ring (bicyclic) bond motifs is 2. The Labute approximate surface area is 266 Å². The molecule has 2 aliphatic heterocycles. The van der Waals surface area contributed by atoms with Gasteiger partial charge in [-0.05, 0) is 29.8 Å². The van der Waals surface area contributed by atoms with Gasteiger partial charge in [-0.2, -0.15) is 11.8 Å². The summed E-state index contributed by atoms with van der Waals surface area (Å²) in [6, 6.07) is 11.5. The van der Waals surface area contributed by atoms with Gasteiger partial charge in [0.05, 0.1) is 26.6 Å². The van der Waals surface area contributed by atoms with Crippen LogP contribution in [0, 0.1) is 0 Å². The molecule has 0 bridgehead atoms. The first-order chi connectivity index (χ1) is 21.9. The third-order valence-electron chi connectivity index (χ3n) is 6.92. The minimum Gasteiger partial charge on any atom is -0.508 e. The van der Waals surface area contributed by atoms with E-state index in [0.717, 1.165) is 6.07 Å². The Bertz CT molecular complexity index is 1580. The topological polar surface area (TPSA) is 230 Å². The number of benzene rings is 3. The highest BCUT2D eigenvalue weighted by atomic mass is 32.2. The van der Waals surface area contributed by atoms with E-state index in [1.54, 1.807) is 30.3 Å². The first-order valence-electron chi connectivity index (χ1n) is 13.8. The van der Waals surface area contributed by atoms with Crippen LogP contribution in [0.5, 0.6) is 40.2 Å². The number of methoxy groups -OCH3 is 1. The minimum absolute atomic E-state index is 0.0540. The van der Waals surface area contributed by atoms with Crippen LogP contribution in [0.4, 0.5) is 0 Å². The number of carboxylic acids is 2. The molecule has 0 aromatic heterocycles. The second kappa shape index (κ2) is 14.9. The molecule has 46 heavy (non-hydrogen) atoms. The summed E-state index contributed by atoms with van der Waals surface area (Å²) >= 11 is 1.35. The van der Waals surface area contributed by atoms with Crippen LogP contribution >= 0.6 is 11.8 Å². The normalized spacial score (nSPS) is 19.6. The highest BCUT2D eigenvalue weighted by Crippen LogP contribution is 2.45. The number of Topliss-reactive ketones (excluding diaryl/α,β-unsaturated/α-hetero) is 1. The molecule has 0 spiro atoms. The summed E-state index contributed by atoms with van der Waals surface area (Å²) in [6.45, 7) is -0.349. The van der Waals surface area contributed by atoms with Crippen molar-refractivity contribution in [3.05, 3.63) is 65.2 Å². The average Bonchev–Trinajstić information content (AvgIpc) is 3.01. The molecule has 0 unspecified atom stereocenters. The van der Waals surface area contributed by atoms with Gasteiger partial charge in [0.15, 0.2) is 47.4 Å². The number of aromatic hydroxyl groups is 3. The highest BCUT2D eigenvalue weighted by Gasteiger charge is 2.40. The lowest BCUT2D eigenvalue weighted by Crippen LogP contribution is -2.37. The van der Waals surface area contributed by atoms with E-state index in [-0.39, 0.29) is 53.8 Å². The molecule has 246 valence electrons. The number of phenolic OH excluding ortho intramolecular Hbond substituents is 3. The summed E-state index contributed by atoms with van der Waals surface area (Å²) in [5.74, 6) is -1.53. The number of thioether (sulfide) groups is 1. The maximum atomic E-state index is 12.7. The van der Waals surface area contributed by atoms with Crippen molar-refractivity contribution < 1.29 is 69.1 Å². The molecule has 4 atom stereocenters. The second-order valence-electron chi connectivity index (χ2n) is 10.1. The van der Waals surface area contributed by atoms with E-state index in [9.17, 15) is 39.9 Å². The molecule has 7 N–H and O–H groups in total. The summed E-state index contributed by atoms with van der Waals surface area (Å²) < 4.78 is 23.0. The van der Waals surface area contributed by atoms with E-state index in [2.05, 4.69) is 0 Å². The fraction of sp³-hybridized carbons (Fsp3) is 0.323. The van der Waals surface area contributed by atoms with Crippen molar-refractivity contribution >= 4 is 29.5 Å². The van der Waals surface area contributed by atoms with Crippen molar-refractivity contribution in [1.29, 1.82) is 0 Å². The summed E-state index contributed by atoms with van der Waals surface area (Å²) in [5, 5.41) is 66.6. The van der Waals surface area contributed by atoms with Crippen molar-refractivity contribution in [2.45, 2.75) is 37.3 Å². The van der Waals surface area contributed by atoms with Gasteiger partial charge < -0.3 is 54.7 Å². The minimum atomic E-state index is -1.62. The van der Waals surface area contributed by atoms with Crippen LogP contribution in [0.25, 0.3) is 0 Å². The molecule has 3 aromatic carbocycles. The number of carbonyl (C=O) groups excluding carboxylic acids is 1. The van der Waals surface area contributed by atoms with Crippen LogP contribution in [0.3, 0.4) is 0 Å². The molecule has 2 aliphatic rings. The lowest BCUT2D eigenvalue weighted by molar-refractivity contribution is -0.137. The number of carboxylic acid groups (broad SMARTS) is 2. The number of aliphatic hydroxyl groups excluding tert-OH is 2. The van der Waals surface area contributed by atoms with Gasteiger partial charge >= 0.3 is 11.9 Å². The first-order valence-corrected chi connectivity index (χ1v) is 15.0. The van der Waals surface area contributed by atoms with Gasteiger partial charge in [0.2, 0.25) is 5.78 Å². The van der Waals surface area contributed by atoms with Crippen molar-refractivity contribution in [3.8, 4) is 40.2 Å². The predicted molar refractivity (Wildman–Crippen MR) is 161 cm³/mol. The maximum absolute atomic E-state index is 12.7. The molecule has 3 aromatic rings. The molecule has 0 fully saturated rings. The van der Waals surface area contributed by atoms with Crippen LogP contribution in [-0.4, -0.2) is 90.9 Å². The van der Waals surface area contributed by atoms with Gasteiger partial charge in [0.1, 0.15) is 22.8 Å². The molecule has 2 heterocycles. The Morgan fingerprint density at radius 2 is 1.43 bits per heavy atom. The van der Waals surface area contributed by atoms with Crippen molar-refractivity contribution in [2.24, 2.45) is 0 Å². The zero-order valence-corrected chi connectivity index (χ0v) is 25.2. The van der Waals surface area contributed by atoms with Gasteiger partial charge in [0, 0.05) is 29.2 Å². The molecular formula is C31H32O14S. The number of hydrogen-bond acceptors (Lipinski definition) is 13. The Kier molecular flexibility index (Phi) is 11.1. The number of ketones is 1. The first kappa shape index (κ1) is 34.0. The van der Waals surface area contributed by atoms with Gasteiger partial charge in [-0.15, -0.1) is 0 Å². The Morgan fingerprint density at radius 3 is 2.07 bits per heavy atom. The Hall–Kier alpha value is -4.86. The van der Waals surface area contributed by atoms with Crippen LogP contribution in [-0.2, 0) is 9.59 Å². The number of ether oxygens (including phenoxy) is 4. The molecule has 15 heteroatoms. The zero-order valence-electron chi connectivity index (χ0n) is 24.4. The van der Waals surface area contributed by atoms with Gasteiger partial charge in [-0.1, -0.05) is 12.1 Å². The monoisotopic (exact) mass is 660 g/mol. The zero-order chi connectivity index (χ0) is 33.5. The Balaban J connectivity index is 0.000000375. The van der Waals surface area contributed by atoms with Gasteiger partial charge in [0.25, 0.3) is 0 Å². The number of aliphatic hydroxyl groups is 2. The number of rotatable bonds is 10. The number of carbonyl (C=O) groups is 3. The SMILES string of the molecule is COc1cc([C@H]2Oc3cc([C@H]4Oc5cc(O)cc(O)c5C(=O)[C@@H]4O)ccc3O[C@@H]2CO)ccc1O.O=C(O)CCSCCC(=O)O. The molecule has 0 amide bonds. The highest BCUT2D eigenvalue weighted by molar-refractivity contribution is 7.99. The number of phenols is 3. The molecule has 0 radical (unpaired) electrons. The van der Waals surface area contributed by atoms with Crippen LogP contribution in [0.2, 0.25) is 0 Å². The molecule has 0 aliphatic carbocycles. The summed E-state index contributed by atoms with van der Waals surface area (Å²) in [6.07, 6.45) is -4.07. The largest absolute Gasteiger partial charge is 0.508 e. The van der Waals surface area contributed by atoms with E-state index < -0.39 is 47.9 Å². The van der Waals surface area contributed by atoms with Crippen molar-refractivity contribution in [3.63, 3.8) is 0 Å². The fourth-order valence-electron chi connectivity index (χ4n) is 4.70. The summed E-state index contributed by atoms with van der Waals surface area (Å²) in [4.78, 5) is 32.7. The van der Waals surface area contributed by atoms with Gasteiger partial charge in [-0.3, -0.25) is 14.4 Å². The van der Waals surface area contributed by atoms with Gasteiger partial charge in [-0.25, -0.2) is 0 Å². The second-order valence-corrected chi connectivity index (χ2v) is 11.3. The lowest BCUT2D eigenvalue weighted by atomic mass is 9.92. The summed E-state index contributed by atoms with van der Waals surface area (Å²) in [5.41, 5.74) is 0.751. The molecule has 0 saturated carbocycles. The predicted octanol–water partition coefficient (Wildman–Crippen LogP) is 3.03. The van der Waals surface area contributed by atoms with Crippen molar-refractivity contribution in [1.82, 2.24) is 0 Å². The molecule has 0 saturated heterocycles. The van der Waals surface area contributed by atoms with Crippen LogP contribution in [0.15, 0.2) is 48.5 Å². The quantitative estimate of drug-likeness (QED) is 0.155. The smallest absolute Gasteiger partial charge is 0.304 e. The number of aliphatic carboxylic acids is 2. The average molecular weight is 661 g/mol. The fourth-order valence-corrected chi connectivity index (χ4v) is 5.54. The summed E-state index contributed by atoms with van der Waals surface area (Å²) in [7, 11) is 1.41. The van der Waals surface area contributed by atoms with Crippen LogP contribution in [0.1, 0.15) is 46.5 Å². The van der Waals surface area contributed by atoms with E-state index in [1.807, 2.05) is 0 Å². The Morgan fingerprint density at radius 1 is 0.804 bits per heavy atom. The maximum Gasteiger partial charge on any atom is 0.304 e. The van der Waals surface area contributed by atoms with E-state index in [1.165, 1.54) is 31.0 Å². The van der Waals surface area contributed by atoms with Crippen molar-refractivity contribution in [2.75, 3.05) is 25.2 Å². The molecular weight excluding hydrogens is 628 g/mol. The van der Waals surface area contributed by atoms with E-state index >= 15 is 0 Å². The third-order valence-corrected chi connectivity index (χ3v) is 7.91. The molecule has 14 nitrogen and oxygen atoms in total. The third kappa shape index (κ3) is 7.85. The standard InChI is InChI=1S/C25H22O10.C6H10O4S/c1-32-17-6-11(2-4-14(17)28)24-20(10-26)33-16-5-3-12(7-18(16)34-24)25-23(31)22(30)21-15(29)8-13(27)9-19(21)35-25;7-5(8)1-3-11-4-2-6(9)10/h2-9,20,23-29,31H,10H2,1H3;1-4H2,(H,7,8)(H,9,10)/t20-,23+,24-,25-;/m1./s1. The van der Waals surface area contributed by atoms with E-state index in [4.69, 9.17) is 29.2 Å².